The minimum atomic E-state index is -0.835. The topological polar surface area (TPSA) is 109 Å². The number of hydrogen-bond donors (Lipinski definition) is 2. The largest absolute Gasteiger partial charge is 0.348 e. The molecule has 2 heterocycles. The summed E-state index contributed by atoms with van der Waals surface area (Å²) in [6.45, 7) is 2.97. The molecule has 1 atom stereocenters. The Bertz CT molecular complexity index is 1400. The summed E-state index contributed by atoms with van der Waals surface area (Å²) in [5, 5.41) is 14.9. The fraction of sp³-hybridized carbons (Fsp3) is 0.290. The Morgan fingerprint density at radius 3 is 2.20 bits per heavy atom. The number of anilines is 2. The van der Waals surface area contributed by atoms with Crippen molar-refractivity contribution >= 4 is 29.2 Å². The van der Waals surface area contributed by atoms with Gasteiger partial charge in [0.1, 0.15) is 12.1 Å². The van der Waals surface area contributed by atoms with Crippen LogP contribution in [-0.2, 0) is 9.59 Å². The quantitative estimate of drug-likeness (QED) is 0.493. The first-order valence-corrected chi connectivity index (χ1v) is 13.4. The summed E-state index contributed by atoms with van der Waals surface area (Å²) < 4.78 is 0. The highest BCUT2D eigenvalue weighted by molar-refractivity contribution is 5.97. The van der Waals surface area contributed by atoms with Gasteiger partial charge in [-0.2, -0.15) is 5.26 Å². The second-order valence-corrected chi connectivity index (χ2v) is 10.2. The van der Waals surface area contributed by atoms with Crippen molar-refractivity contribution in [2.45, 2.75) is 31.3 Å². The second kappa shape index (κ2) is 11.5. The summed E-state index contributed by atoms with van der Waals surface area (Å²) >= 11 is 0. The van der Waals surface area contributed by atoms with Gasteiger partial charge in [0.05, 0.1) is 24.3 Å². The van der Waals surface area contributed by atoms with Crippen LogP contribution in [0, 0.1) is 11.3 Å². The van der Waals surface area contributed by atoms with Crippen molar-refractivity contribution in [2.75, 3.05) is 36.5 Å². The Balaban J connectivity index is 1.28. The van der Waals surface area contributed by atoms with Gasteiger partial charge in [0.15, 0.2) is 0 Å². The first-order chi connectivity index (χ1) is 19.4. The van der Waals surface area contributed by atoms with Crippen LogP contribution in [0.4, 0.5) is 16.2 Å². The number of likely N-dealkylation sites (tertiary alicyclic amines) is 1. The van der Waals surface area contributed by atoms with Gasteiger partial charge in [-0.05, 0) is 61.7 Å². The fourth-order valence-corrected chi connectivity index (χ4v) is 5.52. The highest BCUT2D eigenvalue weighted by Crippen LogP contribution is 2.39. The van der Waals surface area contributed by atoms with Crippen LogP contribution in [0.2, 0.25) is 0 Å². The molecule has 0 bridgehead atoms. The minimum Gasteiger partial charge on any atom is -0.348 e. The third-order valence-electron chi connectivity index (χ3n) is 7.74. The monoisotopic (exact) mass is 536 g/mol. The fourth-order valence-electron chi connectivity index (χ4n) is 5.52. The van der Waals surface area contributed by atoms with Crippen molar-refractivity contribution < 1.29 is 14.4 Å². The average Bonchev–Trinajstić information content (AvgIpc) is 3.24. The summed E-state index contributed by atoms with van der Waals surface area (Å²) in [6.07, 6.45) is 0.889. The Kier molecular flexibility index (Phi) is 7.69. The van der Waals surface area contributed by atoms with Crippen molar-refractivity contribution in [2.24, 2.45) is 0 Å². The maximum absolute atomic E-state index is 13.9. The number of benzene rings is 3. The van der Waals surface area contributed by atoms with Gasteiger partial charge >= 0.3 is 6.03 Å². The minimum absolute atomic E-state index is 0.0377. The summed E-state index contributed by atoms with van der Waals surface area (Å²) in [5.74, 6) is -0.306. The molecule has 9 heteroatoms. The molecule has 0 aromatic heterocycles. The van der Waals surface area contributed by atoms with E-state index in [1.165, 1.54) is 0 Å². The normalized spacial score (nSPS) is 16.9. The van der Waals surface area contributed by atoms with E-state index in [1.54, 1.807) is 34.1 Å². The molecule has 2 aliphatic rings. The van der Waals surface area contributed by atoms with E-state index in [1.807, 2.05) is 67.6 Å². The third kappa shape index (κ3) is 5.47. The molecule has 3 aromatic carbocycles. The number of nitriles is 1. The average molecular weight is 537 g/mol. The van der Waals surface area contributed by atoms with Gasteiger partial charge in [-0.3, -0.25) is 9.59 Å². The Hall–Kier alpha value is -4.84. The number of urea groups is 1. The Morgan fingerprint density at radius 1 is 0.950 bits per heavy atom. The molecule has 0 saturated carbocycles. The van der Waals surface area contributed by atoms with E-state index in [0.29, 0.717) is 43.9 Å². The van der Waals surface area contributed by atoms with Crippen LogP contribution < -0.4 is 15.5 Å². The predicted molar refractivity (Wildman–Crippen MR) is 152 cm³/mol. The first kappa shape index (κ1) is 26.8. The van der Waals surface area contributed by atoms with Crippen molar-refractivity contribution in [1.82, 2.24) is 15.1 Å². The molecule has 2 aliphatic heterocycles. The van der Waals surface area contributed by atoms with Crippen LogP contribution >= 0.6 is 0 Å². The van der Waals surface area contributed by atoms with Gasteiger partial charge in [-0.25, -0.2) is 4.79 Å². The van der Waals surface area contributed by atoms with Gasteiger partial charge in [0.25, 0.3) is 5.91 Å². The van der Waals surface area contributed by atoms with Crippen LogP contribution in [0.1, 0.15) is 36.9 Å². The highest BCUT2D eigenvalue weighted by atomic mass is 16.2. The molecule has 1 unspecified atom stereocenters. The van der Waals surface area contributed by atoms with Crippen molar-refractivity contribution in [3.63, 3.8) is 0 Å². The van der Waals surface area contributed by atoms with Gasteiger partial charge in [0.2, 0.25) is 5.91 Å². The van der Waals surface area contributed by atoms with Crippen molar-refractivity contribution in [3.8, 4) is 6.07 Å². The predicted octanol–water partition coefficient (Wildman–Crippen LogP) is 4.11. The van der Waals surface area contributed by atoms with Crippen molar-refractivity contribution in [3.05, 3.63) is 96.1 Å². The maximum Gasteiger partial charge on any atom is 0.321 e. The lowest BCUT2D eigenvalue weighted by molar-refractivity contribution is -0.137. The van der Waals surface area contributed by atoms with E-state index in [2.05, 4.69) is 21.6 Å². The van der Waals surface area contributed by atoms with Gasteiger partial charge < -0.3 is 25.3 Å². The van der Waals surface area contributed by atoms with Crippen LogP contribution in [0.5, 0.6) is 0 Å². The summed E-state index contributed by atoms with van der Waals surface area (Å²) in [6, 6.07) is 27.8. The number of rotatable bonds is 6. The molecular weight excluding hydrogens is 504 g/mol. The SMILES string of the molecule is CC(NC(=O)CN1CN(c2ccccc2)C2(CCN(C(=O)Nc3ccc(C#N)cc3)CC2)C1=O)c1ccccc1. The van der Waals surface area contributed by atoms with Crippen LogP contribution in [-0.4, -0.2) is 59.5 Å². The van der Waals surface area contributed by atoms with E-state index >= 15 is 0 Å². The van der Waals surface area contributed by atoms with Gasteiger partial charge in [-0.15, -0.1) is 0 Å². The number of nitrogens with zero attached hydrogens (tertiary/aromatic N) is 4. The number of para-hydroxylation sites is 1. The van der Waals surface area contributed by atoms with Gasteiger partial charge in [0, 0.05) is 24.5 Å². The lowest BCUT2D eigenvalue weighted by atomic mass is 9.85. The molecule has 1 spiro atoms. The molecule has 3 aromatic rings. The number of nitrogens with one attached hydrogen (secondary N) is 2. The van der Waals surface area contributed by atoms with E-state index < -0.39 is 5.54 Å². The molecule has 2 saturated heterocycles. The van der Waals surface area contributed by atoms with E-state index in [-0.39, 0.29) is 30.4 Å². The molecule has 40 heavy (non-hydrogen) atoms. The van der Waals surface area contributed by atoms with Crippen LogP contribution in [0.3, 0.4) is 0 Å². The smallest absolute Gasteiger partial charge is 0.321 e. The summed E-state index contributed by atoms with van der Waals surface area (Å²) in [5.41, 5.74) is 2.20. The third-order valence-corrected chi connectivity index (χ3v) is 7.74. The van der Waals surface area contributed by atoms with Crippen LogP contribution in [0.25, 0.3) is 0 Å². The standard InChI is InChI=1S/C31H32N6O3/c1-23(25-8-4-2-5-9-25)33-28(38)21-36-22-37(27-10-6-3-7-11-27)31(29(36)39)16-18-35(19-17-31)30(40)34-26-14-12-24(20-32)13-15-26/h2-15,23H,16-19,21-22H2,1H3,(H,33,38)(H,34,40). The molecular formula is C31H32N6O3. The molecule has 204 valence electrons. The number of carbonyl (C=O) groups is 3. The van der Waals surface area contributed by atoms with Crippen molar-refractivity contribution in [1.29, 1.82) is 5.26 Å². The lowest BCUT2D eigenvalue weighted by Crippen LogP contribution is -2.58. The maximum atomic E-state index is 13.9. The highest BCUT2D eigenvalue weighted by Gasteiger charge is 2.54. The first-order valence-electron chi connectivity index (χ1n) is 13.4. The number of amides is 4. The molecule has 4 amide bonds. The zero-order valence-electron chi connectivity index (χ0n) is 22.4. The molecule has 0 aliphatic carbocycles. The number of hydrogen-bond acceptors (Lipinski definition) is 5. The molecule has 2 fully saturated rings. The Labute approximate surface area is 234 Å². The van der Waals surface area contributed by atoms with Crippen LogP contribution in [0.15, 0.2) is 84.9 Å². The van der Waals surface area contributed by atoms with E-state index in [4.69, 9.17) is 5.26 Å². The summed E-state index contributed by atoms with van der Waals surface area (Å²) in [4.78, 5) is 45.3. The molecule has 5 rings (SSSR count). The molecule has 9 nitrogen and oxygen atoms in total. The second-order valence-electron chi connectivity index (χ2n) is 10.2. The van der Waals surface area contributed by atoms with E-state index in [0.717, 1.165) is 11.3 Å². The summed E-state index contributed by atoms with van der Waals surface area (Å²) in [7, 11) is 0. The lowest BCUT2D eigenvalue weighted by Gasteiger charge is -2.43. The molecule has 2 N–H and O–H groups in total. The number of carbonyl (C=O) groups excluding carboxylic acids is 3. The Morgan fingerprint density at radius 2 is 1.57 bits per heavy atom. The zero-order valence-corrected chi connectivity index (χ0v) is 22.4. The van der Waals surface area contributed by atoms with E-state index in [9.17, 15) is 14.4 Å². The number of piperidine rings is 1. The zero-order chi connectivity index (χ0) is 28.1. The van der Waals surface area contributed by atoms with Gasteiger partial charge in [-0.1, -0.05) is 48.5 Å². The molecule has 0 radical (unpaired) electrons.